The van der Waals surface area contributed by atoms with Crippen LogP contribution in [0, 0.1) is 0 Å². The monoisotopic (exact) mass is 148 g/mol. The van der Waals surface area contributed by atoms with Gasteiger partial charge in [-0.25, -0.2) is 4.79 Å². The van der Waals surface area contributed by atoms with Crippen LogP contribution in [0.4, 0.5) is 4.79 Å². The average Bonchev–Trinajstić information content (AvgIpc) is 1.89. The Morgan fingerprint density at radius 1 is 1.20 bits per heavy atom. The molecule has 0 amide bonds. The minimum atomic E-state index is -0.684. The normalized spacial score (nSPS) is 9.00. The molecule has 0 spiro atoms. The Labute approximate surface area is 60.1 Å². The molecule has 0 aromatic rings. The van der Waals surface area contributed by atoms with E-state index < -0.39 is 6.16 Å². The first-order chi connectivity index (χ1) is 4.81. The Bertz CT molecular complexity index is 91.7. The second kappa shape index (κ2) is 6.35. The molecule has 10 heavy (non-hydrogen) atoms. The van der Waals surface area contributed by atoms with E-state index in [1.165, 1.54) is 0 Å². The van der Waals surface area contributed by atoms with Gasteiger partial charge in [-0.2, -0.15) is 0 Å². The van der Waals surface area contributed by atoms with Gasteiger partial charge in [-0.3, -0.25) is 0 Å². The highest BCUT2D eigenvalue weighted by Gasteiger charge is 1.99. The van der Waals surface area contributed by atoms with Gasteiger partial charge >= 0.3 is 6.16 Å². The standard InChI is InChI=1S/C6H12O4/c1-3-8-5-10-6(7)9-4-2/h3-5H2,1-2H3. The minimum Gasteiger partial charge on any atom is -0.435 e. The average molecular weight is 148 g/mol. The highest BCUT2D eigenvalue weighted by molar-refractivity contribution is 5.59. The van der Waals surface area contributed by atoms with Crippen molar-refractivity contribution in [1.29, 1.82) is 0 Å². The fraction of sp³-hybridized carbons (Fsp3) is 0.833. The molecular weight excluding hydrogens is 136 g/mol. The van der Waals surface area contributed by atoms with Crippen molar-refractivity contribution in [2.45, 2.75) is 13.8 Å². The first-order valence-electron chi connectivity index (χ1n) is 3.18. The van der Waals surface area contributed by atoms with Crippen LogP contribution >= 0.6 is 0 Å². The molecule has 0 saturated heterocycles. The van der Waals surface area contributed by atoms with E-state index in [0.717, 1.165) is 0 Å². The lowest BCUT2D eigenvalue weighted by molar-refractivity contribution is -0.0397. The van der Waals surface area contributed by atoms with Gasteiger partial charge in [0.1, 0.15) is 0 Å². The van der Waals surface area contributed by atoms with Crippen LogP contribution in [-0.4, -0.2) is 26.2 Å². The summed E-state index contributed by atoms with van der Waals surface area (Å²) in [7, 11) is 0. The van der Waals surface area contributed by atoms with E-state index >= 15 is 0 Å². The maximum Gasteiger partial charge on any atom is 0.510 e. The molecule has 0 aromatic heterocycles. The quantitative estimate of drug-likeness (QED) is 0.341. The van der Waals surface area contributed by atoms with Crippen molar-refractivity contribution in [3.63, 3.8) is 0 Å². The smallest absolute Gasteiger partial charge is 0.435 e. The Balaban J connectivity index is 3.05. The number of hydrogen-bond acceptors (Lipinski definition) is 4. The molecule has 0 radical (unpaired) electrons. The van der Waals surface area contributed by atoms with Crippen LogP contribution in [0.15, 0.2) is 0 Å². The van der Waals surface area contributed by atoms with Gasteiger partial charge in [0.2, 0.25) is 0 Å². The summed E-state index contributed by atoms with van der Waals surface area (Å²) in [4.78, 5) is 10.4. The summed E-state index contributed by atoms with van der Waals surface area (Å²) in [5.41, 5.74) is 0. The molecule has 0 aliphatic rings. The van der Waals surface area contributed by atoms with Gasteiger partial charge in [-0.05, 0) is 13.8 Å². The van der Waals surface area contributed by atoms with E-state index in [1.54, 1.807) is 6.92 Å². The van der Waals surface area contributed by atoms with Gasteiger partial charge < -0.3 is 14.2 Å². The van der Waals surface area contributed by atoms with Gasteiger partial charge in [0, 0.05) is 6.61 Å². The summed E-state index contributed by atoms with van der Waals surface area (Å²) in [6.45, 7) is 4.34. The number of ether oxygens (including phenoxy) is 3. The van der Waals surface area contributed by atoms with Crippen LogP contribution in [0.3, 0.4) is 0 Å². The second-order valence-electron chi connectivity index (χ2n) is 1.44. The van der Waals surface area contributed by atoms with Crippen LogP contribution in [0.25, 0.3) is 0 Å². The lowest BCUT2D eigenvalue weighted by Crippen LogP contribution is -2.09. The molecule has 0 bridgehead atoms. The molecule has 0 aromatic carbocycles. The van der Waals surface area contributed by atoms with Gasteiger partial charge in [-0.15, -0.1) is 0 Å². The molecule has 0 N–H and O–H groups in total. The maximum atomic E-state index is 10.4. The minimum absolute atomic E-state index is 0.0324. The third-order valence-electron chi connectivity index (χ3n) is 0.726. The van der Waals surface area contributed by atoms with Crippen LogP contribution < -0.4 is 0 Å². The predicted molar refractivity (Wildman–Crippen MR) is 34.6 cm³/mol. The molecule has 0 unspecified atom stereocenters. The molecule has 0 aliphatic carbocycles. The molecule has 0 saturated carbocycles. The predicted octanol–water partition coefficient (Wildman–Crippen LogP) is 1.15. The van der Waals surface area contributed by atoms with Crippen molar-refractivity contribution < 1.29 is 19.0 Å². The zero-order chi connectivity index (χ0) is 7.82. The second-order valence-corrected chi connectivity index (χ2v) is 1.44. The Hall–Kier alpha value is -0.770. The van der Waals surface area contributed by atoms with E-state index in [1.807, 2.05) is 6.92 Å². The van der Waals surface area contributed by atoms with Crippen LogP contribution in [0.2, 0.25) is 0 Å². The third-order valence-corrected chi connectivity index (χ3v) is 0.726. The number of carbonyl (C=O) groups excluding carboxylic acids is 1. The zero-order valence-electron chi connectivity index (χ0n) is 6.25. The summed E-state index contributed by atoms with van der Waals surface area (Å²) < 4.78 is 13.6. The Morgan fingerprint density at radius 2 is 1.90 bits per heavy atom. The maximum absolute atomic E-state index is 10.4. The molecule has 4 nitrogen and oxygen atoms in total. The fourth-order valence-electron chi connectivity index (χ4n) is 0.333. The van der Waals surface area contributed by atoms with Crippen molar-refractivity contribution in [3.05, 3.63) is 0 Å². The van der Waals surface area contributed by atoms with Gasteiger partial charge in [0.15, 0.2) is 6.79 Å². The molecule has 0 atom stereocenters. The van der Waals surface area contributed by atoms with Crippen LogP contribution in [-0.2, 0) is 14.2 Å². The van der Waals surface area contributed by atoms with E-state index in [9.17, 15) is 4.79 Å². The Morgan fingerprint density at radius 3 is 2.40 bits per heavy atom. The Kier molecular flexibility index (Phi) is 5.86. The fourth-order valence-corrected chi connectivity index (χ4v) is 0.333. The molecule has 0 heterocycles. The lowest BCUT2D eigenvalue weighted by Gasteiger charge is -2.02. The topological polar surface area (TPSA) is 44.8 Å². The molecule has 4 heteroatoms. The SMILES string of the molecule is CCOCOC(=O)OCC. The molecule has 0 aliphatic heterocycles. The van der Waals surface area contributed by atoms with E-state index in [-0.39, 0.29) is 6.79 Å². The molecule has 0 fully saturated rings. The van der Waals surface area contributed by atoms with Crippen molar-refractivity contribution in [3.8, 4) is 0 Å². The van der Waals surface area contributed by atoms with E-state index in [0.29, 0.717) is 13.2 Å². The van der Waals surface area contributed by atoms with Gasteiger partial charge in [0.25, 0.3) is 0 Å². The van der Waals surface area contributed by atoms with Crippen molar-refractivity contribution in [1.82, 2.24) is 0 Å². The van der Waals surface area contributed by atoms with Gasteiger partial charge in [0.05, 0.1) is 6.61 Å². The summed E-state index contributed by atoms with van der Waals surface area (Å²) in [6, 6.07) is 0. The highest BCUT2D eigenvalue weighted by atomic mass is 16.8. The first kappa shape index (κ1) is 9.23. The van der Waals surface area contributed by atoms with E-state index in [2.05, 4.69) is 9.47 Å². The third kappa shape index (κ3) is 5.37. The zero-order valence-corrected chi connectivity index (χ0v) is 6.25. The van der Waals surface area contributed by atoms with Crippen LogP contribution in [0.5, 0.6) is 0 Å². The van der Waals surface area contributed by atoms with E-state index in [4.69, 9.17) is 4.74 Å². The summed E-state index contributed by atoms with van der Waals surface area (Å²) in [5.74, 6) is 0. The molecular formula is C6H12O4. The highest BCUT2D eigenvalue weighted by Crippen LogP contribution is 1.84. The molecule has 60 valence electrons. The number of rotatable bonds is 4. The summed E-state index contributed by atoms with van der Waals surface area (Å²) in [6.07, 6.45) is -0.684. The van der Waals surface area contributed by atoms with Crippen molar-refractivity contribution in [2.24, 2.45) is 0 Å². The largest absolute Gasteiger partial charge is 0.510 e. The summed E-state index contributed by atoms with van der Waals surface area (Å²) >= 11 is 0. The van der Waals surface area contributed by atoms with Crippen LogP contribution in [0.1, 0.15) is 13.8 Å². The van der Waals surface area contributed by atoms with Crippen molar-refractivity contribution >= 4 is 6.16 Å². The molecule has 0 rings (SSSR count). The van der Waals surface area contributed by atoms with Gasteiger partial charge in [-0.1, -0.05) is 0 Å². The lowest BCUT2D eigenvalue weighted by atomic mass is 10.9. The summed E-state index contributed by atoms with van der Waals surface area (Å²) in [5, 5.41) is 0. The van der Waals surface area contributed by atoms with Crippen molar-refractivity contribution in [2.75, 3.05) is 20.0 Å². The first-order valence-corrected chi connectivity index (χ1v) is 3.18. The number of carbonyl (C=O) groups is 1. The number of hydrogen-bond donors (Lipinski definition) is 0.